The van der Waals surface area contributed by atoms with Crippen LogP contribution in [0, 0.1) is 0 Å². The van der Waals surface area contributed by atoms with E-state index in [4.69, 9.17) is 15.0 Å². The van der Waals surface area contributed by atoms with Crippen LogP contribution in [-0.2, 0) is 0 Å². The van der Waals surface area contributed by atoms with Crippen molar-refractivity contribution >= 4 is 0 Å². The first kappa shape index (κ1) is 36.3. The van der Waals surface area contributed by atoms with Crippen molar-refractivity contribution in [1.29, 1.82) is 0 Å². The highest BCUT2D eigenvalue weighted by atomic mass is 15.0. The lowest BCUT2D eigenvalue weighted by molar-refractivity contribution is 1.07. The van der Waals surface area contributed by atoms with Crippen molar-refractivity contribution in [2.75, 3.05) is 0 Å². The molecule has 0 bridgehead atoms. The molecule has 1 aromatic heterocycles. The lowest BCUT2D eigenvalue weighted by Crippen LogP contribution is -2.04. The predicted molar refractivity (Wildman–Crippen MR) is 249 cm³/mol. The fourth-order valence-electron chi connectivity index (χ4n) is 8.31. The second-order valence-electron chi connectivity index (χ2n) is 14.7. The van der Waals surface area contributed by atoms with E-state index in [0.29, 0.717) is 17.5 Å². The molecular formula is C57H39N3. The van der Waals surface area contributed by atoms with Crippen molar-refractivity contribution in [3.05, 3.63) is 237 Å². The topological polar surface area (TPSA) is 38.7 Å². The molecule has 0 spiro atoms. The van der Waals surface area contributed by atoms with Gasteiger partial charge in [0.05, 0.1) is 0 Å². The average Bonchev–Trinajstić information content (AvgIpc) is 3.35. The second-order valence-corrected chi connectivity index (χ2v) is 14.7. The van der Waals surface area contributed by atoms with E-state index in [1.54, 1.807) is 0 Å². The van der Waals surface area contributed by atoms with Crippen molar-refractivity contribution in [1.82, 2.24) is 15.0 Å². The smallest absolute Gasteiger partial charge is 0.164 e. The molecule has 3 nitrogen and oxygen atoms in total. The maximum Gasteiger partial charge on any atom is 0.164 e. The summed E-state index contributed by atoms with van der Waals surface area (Å²) in [6.45, 7) is 0. The third-order valence-electron chi connectivity index (χ3n) is 10.9. The standard InChI is InChI=1S/C57H39N3/c1-8-24-40(25-9-1)49-50(41-26-10-2-11-27-41)52(43-30-14-4-15-31-43)54(53(44-32-16-5-17-33-44)51(49)42-28-12-3-13-29-42)47-38-22-23-39-48(47)57-59-55(45-34-18-6-19-35-45)58-56(60-57)46-36-20-7-21-37-46/h1-39H. The molecule has 3 heteroatoms. The number of hydrogen-bond donors (Lipinski definition) is 0. The van der Waals surface area contributed by atoms with Crippen molar-refractivity contribution in [3.63, 3.8) is 0 Å². The van der Waals surface area contributed by atoms with Crippen molar-refractivity contribution in [3.8, 4) is 101 Å². The molecule has 1 heterocycles. The van der Waals surface area contributed by atoms with E-state index in [9.17, 15) is 0 Å². The third kappa shape index (κ3) is 6.99. The normalized spacial score (nSPS) is 11.0. The van der Waals surface area contributed by atoms with E-state index in [-0.39, 0.29) is 0 Å². The summed E-state index contributed by atoms with van der Waals surface area (Å²) >= 11 is 0. The SMILES string of the molecule is c1ccc(-c2nc(-c3ccccc3)nc(-c3ccccc3-c3c(-c4ccccc4)c(-c4ccccc4)c(-c4ccccc4)c(-c4ccccc4)c3-c3ccccc3)n2)cc1. The minimum atomic E-state index is 0.603. The molecule has 10 rings (SSSR count). The lowest BCUT2D eigenvalue weighted by Gasteiger charge is -2.29. The van der Waals surface area contributed by atoms with E-state index in [1.165, 1.54) is 5.56 Å². The third-order valence-corrected chi connectivity index (χ3v) is 10.9. The number of rotatable bonds is 9. The van der Waals surface area contributed by atoms with Crippen LogP contribution in [0.1, 0.15) is 0 Å². The molecule has 0 aliphatic heterocycles. The average molecular weight is 766 g/mol. The fraction of sp³-hybridized carbons (Fsp3) is 0. The highest BCUT2D eigenvalue weighted by Gasteiger charge is 2.30. The van der Waals surface area contributed by atoms with E-state index in [2.05, 4.69) is 200 Å². The van der Waals surface area contributed by atoms with Crippen LogP contribution in [0.25, 0.3) is 101 Å². The number of nitrogens with zero attached hydrogens (tertiary/aromatic N) is 3. The lowest BCUT2D eigenvalue weighted by atomic mass is 9.73. The molecule has 0 fully saturated rings. The molecule has 0 aliphatic carbocycles. The Labute approximate surface area is 351 Å². The molecule has 0 aliphatic rings. The molecule has 0 amide bonds. The number of benzene rings is 9. The van der Waals surface area contributed by atoms with E-state index >= 15 is 0 Å². The number of hydrogen-bond acceptors (Lipinski definition) is 3. The molecule has 0 saturated heterocycles. The zero-order chi connectivity index (χ0) is 40.1. The van der Waals surface area contributed by atoms with Crippen LogP contribution in [0.15, 0.2) is 237 Å². The number of aromatic nitrogens is 3. The quantitative estimate of drug-likeness (QED) is 0.147. The van der Waals surface area contributed by atoms with Crippen LogP contribution in [-0.4, -0.2) is 15.0 Å². The van der Waals surface area contributed by atoms with Crippen LogP contribution in [0.5, 0.6) is 0 Å². The Morgan fingerprint density at radius 3 is 0.683 bits per heavy atom. The van der Waals surface area contributed by atoms with Gasteiger partial charge < -0.3 is 0 Å². The summed E-state index contributed by atoms with van der Waals surface area (Å²) < 4.78 is 0. The summed E-state index contributed by atoms with van der Waals surface area (Å²) in [7, 11) is 0. The zero-order valence-electron chi connectivity index (χ0n) is 32.9. The Morgan fingerprint density at radius 2 is 0.383 bits per heavy atom. The molecular weight excluding hydrogens is 727 g/mol. The maximum atomic E-state index is 5.29. The van der Waals surface area contributed by atoms with Gasteiger partial charge in [-0.3, -0.25) is 0 Å². The molecule has 10 aromatic rings. The van der Waals surface area contributed by atoms with Gasteiger partial charge in [-0.25, -0.2) is 15.0 Å². The Bertz CT molecular complexity index is 2870. The van der Waals surface area contributed by atoms with E-state index in [1.807, 2.05) is 36.4 Å². The van der Waals surface area contributed by atoms with Crippen LogP contribution < -0.4 is 0 Å². The van der Waals surface area contributed by atoms with Crippen LogP contribution >= 0.6 is 0 Å². The molecule has 60 heavy (non-hydrogen) atoms. The molecule has 282 valence electrons. The summed E-state index contributed by atoms with van der Waals surface area (Å²) in [5, 5.41) is 0. The Kier molecular flexibility index (Phi) is 9.97. The molecule has 0 N–H and O–H groups in total. The zero-order valence-corrected chi connectivity index (χ0v) is 32.9. The Hall–Kier alpha value is -8.01. The highest BCUT2D eigenvalue weighted by Crippen LogP contribution is 2.56. The Balaban J connectivity index is 1.42. The summed E-state index contributed by atoms with van der Waals surface area (Å²) in [6, 6.07) is 83.3. The van der Waals surface area contributed by atoms with Crippen LogP contribution in [0.3, 0.4) is 0 Å². The molecule has 0 saturated carbocycles. The van der Waals surface area contributed by atoms with E-state index in [0.717, 1.165) is 77.9 Å². The molecule has 0 unspecified atom stereocenters. The summed E-state index contributed by atoms with van der Waals surface area (Å²) in [4.78, 5) is 15.7. The van der Waals surface area contributed by atoms with Gasteiger partial charge in [-0.15, -0.1) is 0 Å². The summed E-state index contributed by atoms with van der Waals surface area (Å²) in [5.74, 6) is 1.84. The van der Waals surface area contributed by atoms with Crippen molar-refractivity contribution in [2.24, 2.45) is 0 Å². The Morgan fingerprint density at radius 1 is 0.167 bits per heavy atom. The van der Waals surface area contributed by atoms with Gasteiger partial charge in [0.2, 0.25) is 0 Å². The minimum Gasteiger partial charge on any atom is -0.208 e. The van der Waals surface area contributed by atoms with Crippen LogP contribution in [0.2, 0.25) is 0 Å². The molecule has 9 aromatic carbocycles. The molecule has 0 atom stereocenters. The monoisotopic (exact) mass is 765 g/mol. The van der Waals surface area contributed by atoms with Crippen molar-refractivity contribution in [2.45, 2.75) is 0 Å². The summed E-state index contributed by atoms with van der Waals surface area (Å²) in [6.07, 6.45) is 0. The van der Waals surface area contributed by atoms with Gasteiger partial charge in [0.25, 0.3) is 0 Å². The largest absolute Gasteiger partial charge is 0.208 e. The van der Waals surface area contributed by atoms with Crippen LogP contribution in [0.4, 0.5) is 0 Å². The van der Waals surface area contributed by atoms with E-state index < -0.39 is 0 Å². The predicted octanol–water partition coefficient (Wildman–Crippen LogP) is 14.9. The maximum absolute atomic E-state index is 5.29. The van der Waals surface area contributed by atoms with Gasteiger partial charge >= 0.3 is 0 Å². The van der Waals surface area contributed by atoms with Gasteiger partial charge in [0.1, 0.15) is 0 Å². The van der Waals surface area contributed by atoms with Gasteiger partial charge in [-0.2, -0.15) is 0 Å². The minimum absolute atomic E-state index is 0.603. The highest BCUT2D eigenvalue weighted by molar-refractivity contribution is 6.16. The second kappa shape index (κ2) is 16.5. The van der Waals surface area contributed by atoms with Crippen molar-refractivity contribution < 1.29 is 0 Å². The summed E-state index contributed by atoms with van der Waals surface area (Å²) in [5.41, 5.74) is 16.3. The molecule has 0 radical (unpaired) electrons. The van der Waals surface area contributed by atoms with Gasteiger partial charge in [-0.05, 0) is 66.8 Å². The first-order valence-electron chi connectivity index (χ1n) is 20.3. The van der Waals surface area contributed by atoms with Gasteiger partial charge in [-0.1, -0.05) is 237 Å². The van der Waals surface area contributed by atoms with Gasteiger partial charge in [0, 0.05) is 16.7 Å². The fourth-order valence-corrected chi connectivity index (χ4v) is 8.31. The first-order valence-corrected chi connectivity index (χ1v) is 20.3. The first-order chi connectivity index (χ1) is 29.8. The van der Waals surface area contributed by atoms with Gasteiger partial charge in [0.15, 0.2) is 17.5 Å².